The van der Waals surface area contributed by atoms with Gasteiger partial charge in [-0.05, 0) is 26.2 Å². The van der Waals surface area contributed by atoms with Gasteiger partial charge in [-0.2, -0.15) is 0 Å². The minimum atomic E-state index is -0.385. The van der Waals surface area contributed by atoms with Crippen LogP contribution in [0.15, 0.2) is 0 Å². The second kappa shape index (κ2) is 4.09. The van der Waals surface area contributed by atoms with Gasteiger partial charge in [-0.15, -0.1) is 0 Å². The summed E-state index contributed by atoms with van der Waals surface area (Å²) >= 11 is 0. The van der Waals surface area contributed by atoms with Crippen LogP contribution in [0.2, 0.25) is 0 Å². The molecule has 1 atom stereocenters. The largest absolute Gasteiger partial charge is 0.371 e. The van der Waals surface area contributed by atoms with Crippen LogP contribution < -0.4 is 0 Å². The van der Waals surface area contributed by atoms with Gasteiger partial charge in [-0.25, -0.2) is 0 Å². The van der Waals surface area contributed by atoms with Gasteiger partial charge in [0.15, 0.2) is 0 Å². The molecule has 1 aliphatic rings. The van der Waals surface area contributed by atoms with E-state index in [0.29, 0.717) is 5.84 Å². The number of amidine groups is 1. The van der Waals surface area contributed by atoms with Crippen molar-refractivity contribution in [3.05, 3.63) is 0 Å². The zero-order valence-corrected chi connectivity index (χ0v) is 8.89. The standard InChI is InChI=1S/C10H20N2O/c1-4-10(2,13-3)9(11)12-7-5-6-8-12/h11H,4-8H2,1-3H3. The van der Waals surface area contributed by atoms with Crippen LogP contribution in [0.1, 0.15) is 33.1 Å². The Labute approximate surface area is 80.6 Å². The molecule has 1 saturated heterocycles. The minimum absolute atomic E-state index is 0.385. The Morgan fingerprint density at radius 1 is 1.46 bits per heavy atom. The lowest BCUT2D eigenvalue weighted by molar-refractivity contribution is 0.0520. The van der Waals surface area contributed by atoms with Crippen molar-refractivity contribution < 1.29 is 4.74 Å². The van der Waals surface area contributed by atoms with Gasteiger partial charge in [0.2, 0.25) is 0 Å². The van der Waals surface area contributed by atoms with Crippen molar-refractivity contribution in [3.63, 3.8) is 0 Å². The van der Waals surface area contributed by atoms with E-state index in [9.17, 15) is 0 Å². The highest BCUT2D eigenvalue weighted by atomic mass is 16.5. The second-order valence-electron chi connectivity index (χ2n) is 3.83. The first kappa shape index (κ1) is 10.5. The topological polar surface area (TPSA) is 36.3 Å². The smallest absolute Gasteiger partial charge is 0.128 e. The summed E-state index contributed by atoms with van der Waals surface area (Å²) in [5, 5.41) is 8.04. The third kappa shape index (κ3) is 2.02. The number of rotatable bonds is 3. The van der Waals surface area contributed by atoms with Crippen LogP contribution in [0.4, 0.5) is 0 Å². The van der Waals surface area contributed by atoms with Gasteiger partial charge in [0.05, 0.1) is 0 Å². The number of hydrogen-bond donors (Lipinski definition) is 1. The molecule has 3 nitrogen and oxygen atoms in total. The van der Waals surface area contributed by atoms with E-state index in [1.807, 2.05) is 6.92 Å². The maximum atomic E-state index is 8.04. The average molecular weight is 184 g/mol. The Hall–Kier alpha value is -0.570. The Kier molecular flexibility index (Phi) is 3.31. The molecule has 0 saturated carbocycles. The zero-order valence-electron chi connectivity index (χ0n) is 8.89. The molecule has 0 amide bonds. The molecule has 3 heteroatoms. The van der Waals surface area contributed by atoms with E-state index in [2.05, 4.69) is 11.8 Å². The van der Waals surface area contributed by atoms with E-state index in [-0.39, 0.29) is 5.60 Å². The average Bonchev–Trinajstić information content (AvgIpc) is 2.68. The second-order valence-corrected chi connectivity index (χ2v) is 3.83. The molecule has 1 N–H and O–H groups in total. The van der Waals surface area contributed by atoms with Gasteiger partial charge >= 0.3 is 0 Å². The van der Waals surface area contributed by atoms with Gasteiger partial charge in [0.25, 0.3) is 0 Å². The summed E-state index contributed by atoms with van der Waals surface area (Å²) in [6.45, 7) is 6.11. The lowest BCUT2D eigenvalue weighted by Gasteiger charge is -2.33. The molecular formula is C10H20N2O. The summed E-state index contributed by atoms with van der Waals surface area (Å²) in [4.78, 5) is 2.13. The van der Waals surface area contributed by atoms with E-state index in [4.69, 9.17) is 10.1 Å². The molecule has 0 aromatic heterocycles. The van der Waals surface area contributed by atoms with E-state index in [1.165, 1.54) is 12.8 Å². The molecule has 1 heterocycles. The fourth-order valence-electron chi connectivity index (χ4n) is 1.68. The predicted octanol–water partition coefficient (Wildman–Crippen LogP) is 1.87. The number of ether oxygens (including phenoxy) is 1. The van der Waals surface area contributed by atoms with E-state index in [1.54, 1.807) is 7.11 Å². The first-order valence-electron chi connectivity index (χ1n) is 5.03. The molecule has 0 aromatic carbocycles. The van der Waals surface area contributed by atoms with Gasteiger partial charge in [0.1, 0.15) is 11.4 Å². The molecule has 1 rings (SSSR count). The molecule has 0 bridgehead atoms. The van der Waals surface area contributed by atoms with Gasteiger partial charge < -0.3 is 9.64 Å². The molecule has 0 aromatic rings. The lowest BCUT2D eigenvalue weighted by Crippen LogP contribution is -2.46. The van der Waals surface area contributed by atoms with E-state index < -0.39 is 0 Å². The van der Waals surface area contributed by atoms with Crippen LogP contribution in [0.5, 0.6) is 0 Å². The third-order valence-electron chi connectivity index (χ3n) is 3.05. The highest BCUT2D eigenvalue weighted by Gasteiger charge is 2.32. The summed E-state index contributed by atoms with van der Waals surface area (Å²) < 4.78 is 5.39. The summed E-state index contributed by atoms with van der Waals surface area (Å²) in [6, 6.07) is 0. The predicted molar refractivity (Wildman–Crippen MR) is 54.2 cm³/mol. The molecular weight excluding hydrogens is 164 g/mol. The minimum Gasteiger partial charge on any atom is -0.371 e. The number of nitrogens with one attached hydrogen (secondary N) is 1. The quantitative estimate of drug-likeness (QED) is 0.537. The SMILES string of the molecule is CCC(C)(OC)C(=N)N1CCCC1. The van der Waals surface area contributed by atoms with Crippen molar-refractivity contribution >= 4 is 5.84 Å². The zero-order chi connectivity index (χ0) is 9.90. The molecule has 0 spiro atoms. The normalized spacial score (nSPS) is 21.6. The molecule has 13 heavy (non-hydrogen) atoms. The molecule has 1 unspecified atom stereocenters. The Balaban J connectivity index is 2.63. The highest BCUT2D eigenvalue weighted by molar-refractivity contribution is 5.87. The molecule has 0 aliphatic carbocycles. The van der Waals surface area contributed by atoms with Crippen LogP contribution in [-0.2, 0) is 4.74 Å². The molecule has 1 aliphatic heterocycles. The van der Waals surface area contributed by atoms with E-state index >= 15 is 0 Å². The van der Waals surface area contributed by atoms with Crippen LogP contribution >= 0.6 is 0 Å². The van der Waals surface area contributed by atoms with Crippen LogP contribution in [0.25, 0.3) is 0 Å². The van der Waals surface area contributed by atoms with Crippen molar-refractivity contribution in [2.45, 2.75) is 38.7 Å². The van der Waals surface area contributed by atoms with Crippen molar-refractivity contribution in [3.8, 4) is 0 Å². The highest BCUT2D eigenvalue weighted by Crippen LogP contribution is 2.20. The molecule has 76 valence electrons. The Bertz CT molecular complexity index is 181. The van der Waals surface area contributed by atoms with Gasteiger partial charge in [-0.1, -0.05) is 6.92 Å². The monoisotopic (exact) mass is 184 g/mol. The summed E-state index contributed by atoms with van der Waals surface area (Å²) in [5.41, 5.74) is -0.385. The summed E-state index contributed by atoms with van der Waals surface area (Å²) in [7, 11) is 1.69. The van der Waals surface area contributed by atoms with Crippen molar-refractivity contribution in [2.24, 2.45) is 0 Å². The van der Waals surface area contributed by atoms with Crippen molar-refractivity contribution in [1.29, 1.82) is 5.41 Å². The number of hydrogen-bond acceptors (Lipinski definition) is 2. The maximum absolute atomic E-state index is 8.04. The third-order valence-corrected chi connectivity index (χ3v) is 3.05. The van der Waals surface area contributed by atoms with E-state index in [0.717, 1.165) is 19.5 Å². The Morgan fingerprint density at radius 3 is 2.38 bits per heavy atom. The first-order valence-corrected chi connectivity index (χ1v) is 5.03. The lowest BCUT2D eigenvalue weighted by atomic mass is 10.0. The van der Waals surface area contributed by atoms with Crippen LogP contribution in [-0.4, -0.2) is 36.5 Å². The first-order chi connectivity index (χ1) is 6.14. The number of nitrogens with zero attached hydrogens (tertiary/aromatic N) is 1. The molecule has 0 radical (unpaired) electrons. The van der Waals surface area contributed by atoms with Gasteiger partial charge in [0, 0.05) is 20.2 Å². The van der Waals surface area contributed by atoms with Crippen LogP contribution in [0.3, 0.4) is 0 Å². The number of methoxy groups -OCH3 is 1. The maximum Gasteiger partial charge on any atom is 0.128 e. The van der Waals surface area contributed by atoms with Crippen molar-refractivity contribution in [2.75, 3.05) is 20.2 Å². The van der Waals surface area contributed by atoms with Crippen LogP contribution in [0, 0.1) is 5.41 Å². The fraction of sp³-hybridized carbons (Fsp3) is 0.900. The summed E-state index contributed by atoms with van der Waals surface area (Å²) in [5.74, 6) is 0.648. The van der Waals surface area contributed by atoms with Crippen molar-refractivity contribution in [1.82, 2.24) is 4.90 Å². The number of likely N-dealkylation sites (tertiary alicyclic amines) is 1. The van der Waals surface area contributed by atoms with Gasteiger partial charge in [-0.3, -0.25) is 5.41 Å². The fourth-order valence-corrected chi connectivity index (χ4v) is 1.68. The molecule has 1 fully saturated rings. The Morgan fingerprint density at radius 2 is 2.00 bits per heavy atom. The summed E-state index contributed by atoms with van der Waals surface area (Å²) in [6.07, 6.45) is 3.29.